The van der Waals surface area contributed by atoms with Gasteiger partial charge in [0.1, 0.15) is 11.5 Å². The lowest BCUT2D eigenvalue weighted by atomic mass is 10.0. The summed E-state index contributed by atoms with van der Waals surface area (Å²) in [7, 11) is 1.61. The average Bonchev–Trinajstić information content (AvgIpc) is 2.59. The summed E-state index contributed by atoms with van der Waals surface area (Å²) in [6.45, 7) is 2.66. The Morgan fingerprint density at radius 1 is 1.22 bits per heavy atom. The van der Waals surface area contributed by atoms with Crippen LogP contribution in [0.4, 0.5) is 0 Å². The van der Waals surface area contributed by atoms with Crippen LogP contribution in [0.25, 0.3) is 11.6 Å². The molecule has 2 rings (SSSR count). The molecule has 2 aromatic rings. The summed E-state index contributed by atoms with van der Waals surface area (Å²) in [4.78, 5) is 0. The molecule has 0 unspecified atom stereocenters. The molecule has 2 aromatic carbocycles. The molecule has 0 atom stereocenters. The molecule has 3 nitrogen and oxygen atoms in total. The van der Waals surface area contributed by atoms with Gasteiger partial charge in [0, 0.05) is 10.6 Å². The number of hydrogen-bond acceptors (Lipinski definition) is 3. The second-order valence-electron chi connectivity index (χ2n) is 4.93. The van der Waals surface area contributed by atoms with Crippen molar-refractivity contribution in [3.05, 3.63) is 58.6 Å². The minimum atomic E-state index is 0.538. The van der Waals surface area contributed by atoms with Gasteiger partial charge in [0.15, 0.2) is 0 Å². The van der Waals surface area contributed by atoms with Crippen LogP contribution in [0.2, 0.25) is 5.02 Å². The largest absolute Gasteiger partial charge is 0.497 e. The topological polar surface area (TPSA) is 42.2 Å². The second-order valence-corrected chi connectivity index (χ2v) is 5.37. The van der Waals surface area contributed by atoms with Crippen molar-refractivity contribution in [3.8, 4) is 17.6 Å². The number of nitriles is 1. The lowest BCUT2D eigenvalue weighted by Crippen LogP contribution is -1.97. The molecular formula is C19H18ClNO2. The summed E-state index contributed by atoms with van der Waals surface area (Å²) >= 11 is 6.08. The van der Waals surface area contributed by atoms with Gasteiger partial charge in [-0.3, -0.25) is 0 Å². The van der Waals surface area contributed by atoms with E-state index in [-0.39, 0.29) is 0 Å². The van der Waals surface area contributed by atoms with Crippen LogP contribution in [0.1, 0.15) is 24.5 Å². The summed E-state index contributed by atoms with van der Waals surface area (Å²) in [6, 6.07) is 15.0. The maximum atomic E-state index is 9.48. The molecule has 0 spiro atoms. The average molecular weight is 328 g/mol. The Labute approximate surface area is 141 Å². The minimum Gasteiger partial charge on any atom is -0.497 e. The van der Waals surface area contributed by atoms with Crippen LogP contribution < -0.4 is 9.47 Å². The molecule has 0 fully saturated rings. The second kappa shape index (κ2) is 8.26. The Morgan fingerprint density at radius 2 is 1.96 bits per heavy atom. The van der Waals surface area contributed by atoms with Crippen LogP contribution in [0, 0.1) is 11.3 Å². The summed E-state index contributed by atoms with van der Waals surface area (Å²) in [5.74, 6) is 1.47. The van der Waals surface area contributed by atoms with Crippen molar-refractivity contribution in [1.82, 2.24) is 0 Å². The number of rotatable bonds is 6. The molecule has 0 radical (unpaired) electrons. The van der Waals surface area contributed by atoms with Crippen LogP contribution in [-0.4, -0.2) is 13.7 Å². The van der Waals surface area contributed by atoms with Crippen molar-refractivity contribution >= 4 is 23.3 Å². The summed E-state index contributed by atoms with van der Waals surface area (Å²) < 4.78 is 10.9. The van der Waals surface area contributed by atoms with Crippen molar-refractivity contribution in [2.45, 2.75) is 13.3 Å². The quantitative estimate of drug-likeness (QED) is 0.541. The fraction of sp³-hybridized carbons (Fsp3) is 0.211. The predicted octanol–water partition coefficient (Wildman–Crippen LogP) is 5.20. The highest BCUT2D eigenvalue weighted by Crippen LogP contribution is 2.28. The van der Waals surface area contributed by atoms with Gasteiger partial charge in [-0.15, -0.1) is 0 Å². The number of halogens is 1. The molecule has 0 saturated heterocycles. The predicted molar refractivity (Wildman–Crippen MR) is 93.7 cm³/mol. The Kier molecular flexibility index (Phi) is 6.08. The minimum absolute atomic E-state index is 0.538. The molecule has 23 heavy (non-hydrogen) atoms. The van der Waals surface area contributed by atoms with E-state index in [2.05, 4.69) is 6.07 Å². The molecule has 0 heterocycles. The third kappa shape index (κ3) is 4.51. The maximum absolute atomic E-state index is 9.48. The monoisotopic (exact) mass is 327 g/mol. The van der Waals surface area contributed by atoms with Gasteiger partial charge in [0.2, 0.25) is 0 Å². The maximum Gasteiger partial charge on any atom is 0.126 e. The van der Waals surface area contributed by atoms with Crippen molar-refractivity contribution in [1.29, 1.82) is 5.26 Å². The zero-order valence-electron chi connectivity index (χ0n) is 13.2. The highest BCUT2D eigenvalue weighted by molar-refractivity contribution is 6.30. The van der Waals surface area contributed by atoms with E-state index < -0.39 is 0 Å². The third-order valence-electron chi connectivity index (χ3n) is 3.25. The van der Waals surface area contributed by atoms with E-state index in [1.54, 1.807) is 25.3 Å². The Balaban J connectivity index is 2.40. The molecule has 118 valence electrons. The molecule has 0 aliphatic heterocycles. The number of hydrogen-bond donors (Lipinski definition) is 0. The van der Waals surface area contributed by atoms with Gasteiger partial charge >= 0.3 is 0 Å². The van der Waals surface area contributed by atoms with Gasteiger partial charge < -0.3 is 9.47 Å². The first-order valence-corrected chi connectivity index (χ1v) is 7.74. The number of benzene rings is 2. The van der Waals surface area contributed by atoms with E-state index in [4.69, 9.17) is 21.1 Å². The van der Waals surface area contributed by atoms with Crippen LogP contribution in [0.3, 0.4) is 0 Å². The van der Waals surface area contributed by atoms with Crippen LogP contribution in [0.15, 0.2) is 42.5 Å². The fourth-order valence-corrected chi connectivity index (χ4v) is 2.26. The van der Waals surface area contributed by atoms with E-state index in [1.807, 2.05) is 37.3 Å². The van der Waals surface area contributed by atoms with Gasteiger partial charge in [0.25, 0.3) is 0 Å². The summed E-state index contributed by atoms with van der Waals surface area (Å²) in [6.07, 6.45) is 2.70. The van der Waals surface area contributed by atoms with Gasteiger partial charge in [-0.2, -0.15) is 5.26 Å². The highest BCUT2D eigenvalue weighted by atomic mass is 35.5. The van der Waals surface area contributed by atoms with Crippen molar-refractivity contribution in [3.63, 3.8) is 0 Å². The molecule has 0 aliphatic rings. The Hall–Kier alpha value is -2.44. The molecule has 0 aromatic heterocycles. The first-order chi connectivity index (χ1) is 11.2. The van der Waals surface area contributed by atoms with Gasteiger partial charge in [0.05, 0.1) is 25.4 Å². The lowest BCUT2D eigenvalue weighted by molar-refractivity contribution is 0.317. The van der Waals surface area contributed by atoms with Crippen molar-refractivity contribution in [2.24, 2.45) is 0 Å². The SMILES string of the molecule is CCCOc1ccc(Cl)cc1/C=C(\C#N)c1ccc(OC)cc1. The molecular weight excluding hydrogens is 310 g/mol. The van der Waals surface area contributed by atoms with Crippen LogP contribution >= 0.6 is 11.6 Å². The number of methoxy groups -OCH3 is 1. The first-order valence-electron chi connectivity index (χ1n) is 7.36. The van der Waals surface area contributed by atoms with E-state index in [1.165, 1.54) is 0 Å². The van der Waals surface area contributed by atoms with Crippen molar-refractivity contribution in [2.75, 3.05) is 13.7 Å². The molecule has 0 amide bonds. The van der Waals surface area contributed by atoms with E-state index >= 15 is 0 Å². The molecule has 0 aliphatic carbocycles. The standard InChI is InChI=1S/C19H18ClNO2/c1-3-10-23-19-9-6-17(20)12-15(19)11-16(13-21)14-4-7-18(22-2)8-5-14/h4-9,11-12H,3,10H2,1-2H3/b16-11+. The zero-order chi connectivity index (χ0) is 16.7. The Morgan fingerprint density at radius 3 is 2.57 bits per heavy atom. The van der Waals surface area contributed by atoms with E-state index in [0.717, 1.165) is 29.0 Å². The number of nitrogens with zero attached hydrogens (tertiary/aromatic N) is 1. The van der Waals surface area contributed by atoms with Gasteiger partial charge in [-0.25, -0.2) is 0 Å². The lowest BCUT2D eigenvalue weighted by Gasteiger charge is -2.09. The fourth-order valence-electron chi connectivity index (χ4n) is 2.08. The van der Waals surface area contributed by atoms with E-state index in [0.29, 0.717) is 17.2 Å². The van der Waals surface area contributed by atoms with Gasteiger partial charge in [-0.05, 0) is 60.5 Å². The van der Waals surface area contributed by atoms with E-state index in [9.17, 15) is 5.26 Å². The summed E-state index contributed by atoms with van der Waals surface area (Å²) in [5, 5.41) is 10.1. The van der Waals surface area contributed by atoms with Crippen molar-refractivity contribution < 1.29 is 9.47 Å². The molecule has 0 N–H and O–H groups in total. The molecule has 0 saturated carbocycles. The first kappa shape index (κ1) is 16.9. The normalized spacial score (nSPS) is 11.0. The smallest absolute Gasteiger partial charge is 0.126 e. The van der Waals surface area contributed by atoms with Crippen LogP contribution in [-0.2, 0) is 0 Å². The van der Waals surface area contributed by atoms with Gasteiger partial charge in [-0.1, -0.05) is 18.5 Å². The summed E-state index contributed by atoms with van der Waals surface area (Å²) in [5.41, 5.74) is 2.14. The van der Waals surface area contributed by atoms with Crippen LogP contribution in [0.5, 0.6) is 11.5 Å². The number of ether oxygens (including phenoxy) is 2. The third-order valence-corrected chi connectivity index (χ3v) is 3.49. The highest BCUT2D eigenvalue weighted by Gasteiger charge is 2.07. The molecule has 4 heteroatoms. The number of allylic oxidation sites excluding steroid dienone is 1. The zero-order valence-corrected chi connectivity index (χ0v) is 13.9. The Bertz CT molecular complexity index is 730. The molecule has 0 bridgehead atoms.